The molecule has 0 atom stereocenters. The predicted octanol–water partition coefficient (Wildman–Crippen LogP) is 6.52. The molecule has 1 saturated heterocycles. The predicted molar refractivity (Wildman–Crippen MR) is 147 cm³/mol. The number of hydrogen-bond donors (Lipinski definition) is 0. The molecule has 0 spiro atoms. The molecule has 0 bridgehead atoms. The normalized spacial score (nSPS) is 14.2. The minimum Gasteiger partial charge on any atom is -0.339 e. The lowest BCUT2D eigenvalue weighted by atomic mass is 9.94. The summed E-state index contributed by atoms with van der Waals surface area (Å²) in [7, 11) is 1.74. The maximum absolute atomic E-state index is 13.5. The third kappa shape index (κ3) is 6.07. The van der Waals surface area contributed by atoms with Gasteiger partial charge >= 0.3 is 6.18 Å². The molecule has 1 aliphatic heterocycles. The third-order valence-electron chi connectivity index (χ3n) is 7.04. The summed E-state index contributed by atoms with van der Waals surface area (Å²) in [4.78, 5) is 38.5. The number of likely N-dealkylation sites (tertiary alicyclic amines) is 1. The number of benzene rings is 2. The van der Waals surface area contributed by atoms with E-state index < -0.39 is 11.7 Å². The molecule has 206 valence electrons. The van der Waals surface area contributed by atoms with Crippen LogP contribution in [0.25, 0.3) is 11.1 Å². The van der Waals surface area contributed by atoms with Crippen LogP contribution in [-0.4, -0.2) is 51.7 Å². The minimum atomic E-state index is -4.42. The van der Waals surface area contributed by atoms with E-state index in [-0.39, 0.29) is 17.7 Å². The molecule has 3 heterocycles. The van der Waals surface area contributed by atoms with Crippen LogP contribution in [0.3, 0.4) is 0 Å². The van der Waals surface area contributed by atoms with Gasteiger partial charge in [-0.2, -0.15) is 13.2 Å². The average Bonchev–Trinajstić information content (AvgIpc) is 3.47. The van der Waals surface area contributed by atoms with E-state index in [1.165, 1.54) is 23.5 Å². The van der Waals surface area contributed by atoms with E-state index in [1.54, 1.807) is 58.9 Å². The fourth-order valence-corrected chi connectivity index (χ4v) is 5.83. The molecular formula is C30H27F3N4O2S. The lowest BCUT2D eigenvalue weighted by Gasteiger charge is -2.31. The van der Waals surface area contributed by atoms with Crippen LogP contribution in [-0.2, 0) is 12.7 Å². The lowest BCUT2D eigenvalue weighted by molar-refractivity contribution is -0.137. The first kappa shape index (κ1) is 27.5. The second kappa shape index (κ2) is 11.6. The van der Waals surface area contributed by atoms with Crippen LogP contribution in [0.5, 0.6) is 0 Å². The fraction of sp³-hybridized carbons (Fsp3) is 0.267. The van der Waals surface area contributed by atoms with Gasteiger partial charge in [0.25, 0.3) is 11.8 Å². The molecular weight excluding hydrogens is 537 g/mol. The summed E-state index contributed by atoms with van der Waals surface area (Å²) in [6, 6.07) is 15.6. The SMILES string of the molecule is CN(Cc1cccnc1)C(=O)c1csc(C2CCN(C(=O)c3ccccc3-c3ccc(C(F)(F)F)cc3)CC2)n1. The average molecular weight is 565 g/mol. The Bertz CT molecular complexity index is 1480. The number of alkyl halides is 3. The molecule has 0 radical (unpaired) electrons. The number of rotatable bonds is 6. The Morgan fingerprint density at radius 3 is 2.42 bits per heavy atom. The van der Waals surface area contributed by atoms with E-state index >= 15 is 0 Å². The van der Waals surface area contributed by atoms with Gasteiger partial charge in [0.1, 0.15) is 5.69 Å². The van der Waals surface area contributed by atoms with Crippen molar-refractivity contribution in [3.05, 3.63) is 106 Å². The molecule has 4 aromatic rings. The van der Waals surface area contributed by atoms with Crippen LogP contribution in [0, 0.1) is 0 Å². The number of hydrogen-bond acceptors (Lipinski definition) is 5. The number of nitrogens with zero attached hydrogens (tertiary/aromatic N) is 4. The molecule has 10 heteroatoms. The summed E-state index contributed by atoms with van der Waals surface area (Å²) < 4.78 is 39.0. The van der Waals surface area contributed by atoms with E-state index in [9.17, 15) is 22.8 Å². The van der Waals surface area contributed by atoms with E-state index in [4.69, 9.17) is 0 Å². The third-order valence-corrected chi connectivity index (χ3v) is 8.05. The van der Waals surface area contributed by atoms with Gasteiger partial charge in [-0.25, -0.2) is 4.98 Å². The molecule has 0 N–H and O–H groups in total. The maximum atomic E-state index is 13.5. The van der Waals surface area contributed by atoms with Crippen molar-refractivity contribution < 1.29 is 22.8 Å². The van der Waals surface area contributed by atoms with Crippen LogP contribution in [0.4, 0.5) is 13.2 Å². The first-order valence-corrected chi connectivity index (χ1v) is 13.7. The first-order valence-electron chi connectivity index (χ1n) is 12.9. The number of aromatic nitrogens is 2. The Morgan fingerprint density at radius 2 is 1.75 bits per heavy atom. The molecule has 0 unspecified atom stereocenters. The number of piperidine rings is 1. The highest BCUT2D eigenvalue weighted by Crippen LogP contribution is 2.34. The minimum absolute atomic E-state index is 0.143. The number of halogens is 3. The van der Waals surface area contributed by atoms with Crippen LogP contribution in [0.2, 0.25) is 0 Å². The van der Waals surface area contributed by atoms with Crippen molar-refractivity contribution >= 4 is 23.2 Å². The second-order valence-electron chi connectivity index (χ2n) is 9.78. The number of carbonyl (C=O) groups excluding carboxylic acids is 2. The Kier molecular flexibility index (Phi) is 7.97. The van der Waals surface area contributed by atoms with Gasteiger partial charge in [0.15, 0.2) is 0 Å². The Labute approximate surface area is 234 Å². The zero-order valence-corrected chi connectivity index (χ0v) is 22.6. The summed E-state index contributed by atoms with van der Waals surface area (Å²) in [5, 5.41) is 2.67. The highest BCUT2D eigenvalue weighted by molar-refractivity contribution is 7.09. The highest BCUT2D eigenvalue weighted by atomic mass is 32.1. The summed E-state index contributed by atoms with van der Waals surface area (Å²) in [5.41, 5.74) is 2.23. The maximum Gasteiger partial charge on any atom is 0.416 e. The second-order valence-corrected chi connectivity index (χ2v) is 10.7. The van der Waals surface area contributed by atoms with Crippen molar-refractivity contribution in [1.82, 2.24) is 19.8 Å². The monoisotopic (exact) mass is 564 g/mol. The molecule has 0 saturated carbocycles. The fourth-order valence-electron chi connectivity index (χ4n) is 4.87. The lowest BCUT2D eigenvalue weighted by Crippen LogP contribution is -2.38. The van der Waals surface area contributed by atoms with Crippen molar-refractivity contribution in [2.75, 3.05) is 20.1 Å². The summed E-state index contributed by atoms with van der Waals surface area (Å²) in [6.45, 7) is 1.48. The molecule has 40 heavy (non-hydrogen) atoms. The Morgan fingerprint density at radius 1 is 1.02 bits per heavy atom. The topological polar surface area (TPSA) is 66.4 Å². The Balaban J connectivity index is 1.22. The molecule has 6 nitrogen and oxygen atoms in total. The van der Waals surface area contributed by atoms with Crippen LogP contribution in [0.1, 0.15) is 55.7 Å². The molecule has 5 rings (SSSR count). The van der Waals surface area contributed by atoms with Crippen LogP contribution in [0.15, 0.2) is 78.4 Å². The summed E-state index contributed by atoms with van der Waals surface area (Å²) in [6.07, 6.45) is 0.420. The van der Waals surface area contributed by atoms with Crippen molar-refractivity contribution in [3.8, 4) is 11.1 Å². The summed E-state index contributed by atoms with van der Waals surface area (Å²) in [5.74, 6) is -0.163. The number of carbonyl (C=O) groups is 2. The first-order chi connectivity index (χ1) is 19.2. The van der Waals surface area contributed by atoms with E-state index in [0.717, 1.165) is 22.7 Å². The zero-order valence-electron chi connectivity index (χ0n) is 21.8. The largest absolute Gasteiger partial charge is 0.416 e. The van der Waals surface area contributed by atoms with Gasteiger partial charge in [0.05, 0.1) is 10.6 Å². The standard InChI is InChI=1S/C30H27F3N4O2S/c1-36(18-20-5-4-14-34-17-20)29(39)26-19-40-27(35-26)22-12-15-37(16-13-22)28(38)25-7-3-2-6-24(25)21-8-10-23(11-9-21)30(31,32)33/h2-11,14,17,19,22H,12-13,15-16,18H2,1H3. The quantitative estimate of drug-likeness (QED) is 0.268. The van der Waals surface area contributed by atoms with E-state index in [2.05, 4.69) is 9.97 Å². The molecule has 1 aliphatic rings. The van der Waals surface area contributed by atoms with Crippen LogP contribution >= 0.6 is 11.3 Å². The molecule has 2 aromatic carbocycles. The molecule has 2 amide bonds. The highest BCUT2D eigenvalue weighted by Gasteiger charge is 2.31. The zero-order chi connectivity index (χ0) is 28.3. The van der Waals surface area contributed by atoms with Gasteiger partial charge in [-0.15, -0.1) is 11.3 Å². The van der Waals surface area contributed by atoms with Crippen molar-refractivity contribution in [2.24, 2.45) is 0 Å². The van der Waals surface area contributed by atoms with E-state index in [0.29, 0.717) is 54.9 Å². The van der Waals surface area contributed by atoms with E-state index in [1.807, 2.05) is 12.1 Å². The van der Waals surface area contributed by atoms with Gasteiger partial charge in [0, 0.05) is 55.9 Å². The van der Waals surface area contributed by atoms with Gasteiger partial charge in [-0.05, 0) is 53.8 Å². The van der Waals surface area contributed by atoms with Gasteiger partial charge in [-0.1, -0.05) is 36.4 Å². The Hall–Kier alpha value is -4.05. The molecule has 2 aromatic heterocycles. The number of thiazole rings is 1. The van der Waals surface area contributed by atoms with Crippen molar-refractivity contribution in [1.29, 1.82) is 0 Å². The van der Waals surface area contributed by atoms with Gasteiger partial charge in [-0.3, -0.25) is 14.6 Å². The molecule has 0 aliphatic carbocycles. The number of amides is 2. The molecule has 1 fully saturated rings. The van der Waals surface area contributed by atoms with Crippen molar-refractivity contribution in [2.45, 2.75) is 31.5 Å². The van der Waals surface area contributed by atoms with Crippen molar-refractivity contribution in [3.63, 3.8) is 0 Å². The smallest absolute Gasteiger partial charge is 0.339 e. The van der Waals surface area contributed by atoms with Gasteiger partial charge < -0.3 is 9.80 Å². The van der Waals surface area contributed by atoms with Crippen LogP contribution < -0.4 is 0 Å². The number of pyridine rings is 1. The summed E-state index contributed by atoms with van der Waals surface area (Å²) >= 11 is 1.46. The van der Waals surface area contributed by atoms with Gasteiger partial charge in [0.2, 0.25) is 0 Å².